The van der Waals surface area contributed by atoms with Gasteiger partial charge in [-0.05, 0) is 12.5 Å². The van der Waals surface area contributed by atoms with Crippen molar-refractivity contribution in [1.29, 1.82) is 0 Å². The van der Waals surface area contributed by atoms with Gasteiger partial charge >= 0.3 is 6.09 Å². The van der Waals surface area contributed by atoms with E-state index in [1.165, 1.54) is 0 Å². The Morgan fingerprint density at radius 1 is 1.44 bits per heavy atom. The smallest absolute Gasteiger partial charge is 0.411 e. The number of cyclic esters (lactones) is 1. The Hall–Kier alpha value is -1.77. The van der Waals surface area contributed by atoms with Crippen LogP contribution in [0.15, 0.2) is 43.0 Å². The van der Waals surface area contributed by atoms with Crippen LogP contribution < -0.4 is 0 Å². The van der Waals surface area contributed by atoms with Crippen LogP contribution in [-0.4, -0.2) is 23.1 Å². The Labute approximate surface area is 95.3 Å². The molecule has 1 heterocycles. The van der Waals surface area contributed by atoms with Crippen LogP contribution in [0.1, 0.15) is 12.5 Å². The van der Waals surface area contributed by atoms with E-state index in [1.807, 2.05) is 37.3 Å². The lowest BCUT2D eigenvalue weighted by atomic mass is 10.1. The number of benzene rings is 1. The number of hydrogen-bond donors (Lipinski definition) is 0. The topological polar surface area (TPSA) is 29.5 Å². The molecule has 3 heteroatoms. The first kappa shape index (κ1) is 10.7. The van der Waals surface area contributed by atoms with Crippen molar-refractivity contribution in [3.8, 4) is 0 Å². The van der Waals surface area contributed by atoms with Gasteiger partial charge in [-0.25, -0.2) is 4.79 Å². The maximum absolute atomic E-state index is 11.6. The molecule has 1 aliphatic rings. The van der Waals surface area contributed by atoms with Gasteiger partial charge in [0.2, 0.25) is 0 Å². The van der Waals surface area contributed by atoms with Crippen LogP contribution in [-0.2, 0) is 11.3 Å². The molecule has 0 spiro atoms. The number of amides is 1. The molecule has 1 aromatic carbocycles. The minimum atomic E-state index is -0.263. The Kier molecular flexibility index (Phi) is 2.95. The fraction of sp³-hybridized carbons (Fsp3) is 0.308. The molecule has 0 saturated carbocycles. The molecule has 3 nitrogen and oxygen atoms in total. The molecule has 1 saturated heterocycles. The monoisotopic (exact) mass is 217 g/mol. The van der Waals surface area contributed by atoms with E-state index in [-0.39, 0.29) is 18.2 Å². The molecule has 84 valence electrons. The second kappa shape index (κ2) is 4.39. The lowest BCUT2D eigenvalue weighted by molar-refractivity contribution is 0.137. The highest BCUT2D eigenvalue weighted by atomic mass is 16.6. The predicted octanol–water partition coefficient (Wildman–Crippen LogP) is 2.58. The minimum absolute atomic E-state index is 0.0345. The highest BCUT2D eigenvalue weighted by Gasteiger charge is 2.36. The highest BCUT2D eigenvalue weighted by Crippen LogP contribution is 2.22. The van der Waals surface area contributed by atoms with E-state index in [2.05, 4.69) is 6.58 Å². The summed E-state index contributed by atoms with van der Waals surface area (Å²) in [6.07, 6.45) is 1.38. The Bertz CT molecular complexity index is 388. The lowest BCUT2D eigenvalue weighted by Gasteiger charge is -2.19. The summed E-state index contributed by atoms with van der Waals surface area (Å²) in [4.78, 5) is 13.3. The van der Waals surface area contributed by atoms with Crippen molar-refractivity contribution in [2.75, 3.05) is 0 Å². The zero-order valence-corrected chi connectivity index (χ0v) is 9.30. The fourth-order valence-corrected chi connectivity index (χ4v) is 1.94. The molecule has 2 rings (SSSR count). The van der Waals surface area contributed by atoms with E-state index in [0.717, 1.165) is 5.56 Å². The Morgan fingerprint density at radius 3 is 2.75 bits per heavy atom. The van der Waals surface area contributed by atoms with Gasteiger partial charge in [-0.2, -0.15) is 0 Å². The SMILES string of the molecule is C=CC1C(C)OC(=O)N1Cc1ccccc1. The van der Waals surface area contributed by atoms with Crippen LogP contribution in [0.3, 0.4) is 0 Å². The second-order valence-electron chi connectivity index (χ2n) is 3.93. The number of rotatable bonds is 3. The van der Waals surface area contributed by atoms with Crippen LogP contribution in [0, 0.1) is 0 Å². The van der Waals surface area contributed by atoms with Gasteiger partial charge in [0.1, 0.15) is 6.10 Å². The van der Waals surface area contributed by atoms with Crippen LogP contribution in [0.5, 0.6) is 0 Å². The van der Waals surface area contributed by atoms with Gasteiger partial charge < -0.3 is 4.74 Å². The van der Waals surface area contributed by atoms with Gasteiger partial charge in [0.15, 0.2) is 0 Å². The molecule has 1 amide bonds. The Morgan fingerprint density at radius 2 is 2.12 bits per heavy atom. The van der Waals surface area contributed by atoms with Crippen molar-refractivity contribution in [2.45, 2.75) is 25.6 Å². The minimum Gasteiger partial charge on any atom is -0.444 e. The molecule has 1 aromatic rings. The largest absolute Gasteiger partial charge is 0.444 e. The normalized spacial score (nSPS) is 24.3. The van der Waals surface area contributed by atoms with Crippen molar-refractivity contribution in [3.63, 3.8) is 0 Å². The fourth-order valence-electron chi connectivity index (χ4n) is 1.94. The summed E-state index contributed by atoms with van der Waals surface area (Å²) in [5.74, 6) is 0. The van der Waals surface area contributed by atoms with Crippen molar-refractivity contribution in [2.24, 2.45) is 0 Å². The van der Waals surface area contributed by atoms with Crippen LogP contribution >= 0.6 is 0 Å². The number of nitrogens with zero attached hydrogens (tertiary/aromatic N) is 1. The van der Waals surface area contributed by atoms with Crippen LogP contribution in [0.4, 0.5) is 4.79 Å². The molecule has 0 aromatic heterocycles. The standard InChI is InChI=1S/C13H15NO2/c1-3-12-10(2)16-13(15)14(12)9-11-7-5-4-6-8-11/h3-8,10,12H,1,9H2,2H3. The summed E-state index contributed by atoms with van der Waals surface area (Å²) in [6, 6.07) is 9.84. The molecule has 1 fully saturated rings. The summed E-state index contributed by atoms with van der Waals surface area (Å²) in [5.41, 5.74) is 1.10. The first-order valence-corrected chi connectivity index (χ1v) is 5.36. The number of carbonyl (C=O) groups excluding carboxylic acids is 1. The lowest BCUT2D eigenvalue weighted by Crippen LogP contribution is -2.33. The molecular weight excluding hydrogens is 202 g/mol. The maximum Gasteiger partial charge on any atom is 0.411 e. The van der Waals surface area contributed by atoms with Gasteiger partial charge in [-0.1, -0.05) is 36.4 Å². The molecule has 0 aliphatic carbocycles. The van der Waals surface area contributed by atoms with E-state index in [0.29, 0.717) is 6.54 Å². The summed E-state index contributed by atoms with van der Waals surface area (Å²) in [6.45, 7) is 6.20. The summed E-state index contributed by atoms with van der Waals surface area (Å²) >= 11 is 0. The zero-order chi connectivity index (χ0) is 11.5. The van der Waals surface area contributed by atoms with Crippen LogP contribution in [0.2, 0.25) is 0 Å². The average Bonchev–Trinajstić information content (AvgIpc) is 2.55. The van der Waals surface area contributed by atoms with E-state index >= 15 is 0 Å². The highest BCUT2D eigenvalue weighted by molar-refractivity contribution is 5.71. The summed E-state index contributed by atoms with van der Waals surface area (Å²) in [7, 11) is 0. The van der Waals surface area contributed by atoms with E-state index in [9.17, 15) is 4.79 Å². The third-order valence-electron chi connectivity index (χ3n) is 2.80. The number of carbonyl (C=O) groups is 1. The molecule has 0 bridgehead atoms. The summed E-state index contributed by atoms with van der Waals surface area (Å²) in [5, 5.41) is 0. The van der Waals surface area contributed by atoms with Gasteiger partial charge in [-0.15, -0.1) is 6.58 Å². The quantitative estimate of drug-likeness (QED) is 0.728. The third-order valence-corrected chi connectivity index (χ3v) is 2.80. The number of ether oxygens (including phenoxy) is 1. The Balaban J connectivity index is 2.14. The van der Waals surface area contributed by atoms with Crippen LogP contribution in [0.25, 0.3) is 0 Å². The van der Waals surface area contributed by atoms with Gasteiger partial charge in [0, 0.05) is 6.54 Å². The van der Waals surface area contributed by atoms with E-state index in [4.69, 9.17) is 4.74 Å². The van der Waals surface area contributed by atoms with E-state index < -0.39 is 0 Å². The molecular formula is C13H15NO2. The zero-order valence-electron chi connectivity index (χ0n) is 9.30. The first-order valence-electron chi connectivity index (χ1n) is 5.36. The van der Waals surface area contributed by atoms with Crippen molar-refractivity contribution < 1.29 is 9.53 Å². The van der Waals surface area contributed by atoms with E-state index in [1.54, 1.807) is 11.0 Å². The van der Waals surface area contributed by atoms with Gasteiger partial charge in [-0.3, -0.25) is 4.90 Å². The molecule has 0 radical (unpaired) electrons. The predicted molar refractivity (Wildman–Crippen MR) is 61.9 cm³/mol. The van der Waals surface area contributed by atoms with Gasteiger partial charge in [0.05, 0.1) is 6.04 Å². The second-order valence-corrected chi connectivity index (χ2v) is 3.93. The first-order chi connectivity index (χ1) is 7.72. The van der Waals surface area contributed by atoms with Crippen molar-refractivity contribution in [3.05, 3.63) is 48.6 Å². The molecule has 0 N–H and O–H groups in total. The molecule has 1 aliphatic heterocycles. The molecule has 2 unspecified atom stereocenters. The summed E-state index contributed by atoms with van der Waals surface area (Å²) < 4.78 is 5.17. The van der Waals surface area contributed by atoms with Gasteiger partial charge in [0.25, 0.3) is 0 Å². The van der Waals surface area contributed by atoms with Crippen molar-refractivity contribution >= 4 is 6.09 Å². The maximum atomic E-state index is 11.6. The third kappa shape index (κ3) is 1.94. The molecule has 16 heavy (non-hydrogen) atoms. The van der Waals surface area contributed by atoms with Crippen molar-refractivity contribution in [1.82, 2.24) is 4.90 Å². The molecule has 2 atom stereocenters. The number of hydrogen-bond acceptors (Lipinski definition) is 2. The average molecular weight is 217 g/mol.